The molecule has 0 amide bonds. The van der Waals surface area contributed by atoms with Crippen LogP contribution >= 0.6 is 7.94 Å². The molecule has 23 heteroatoms. The van der Waals surface area contributed by atoms with Gasteiger partial charge in [-0.25, -0.2) is 8.78 Å². The maximum Gasteiger partial charge on any atom is 1.00 e. The van der Waals surface area contributed by atoms with Gasteiger partial charge in [0, 0.05) is 0 Å². The molecule has 1 aromatic rings. The van der Waals surface area contributed by atoms with Crippen LogP contribution in [0.25, 0.3) is 0 Å². The van der Waals surface area contributed by atoms with Crippen molar-refractivity contribution in [1.29, 1.82) is 0 Å². The third-order valence-corrected chi connectivity index (χ3v) is 4.97. The van der Waals surface area contributed by atoms with Crippen molar-refractivity contribution in [3.8, 4) is 5.75 Å². The van der Waals surface area contributed by atoms with Gasteiger partial charge in [-0.15, -0.1) is 0 Å². The second kappa shape index (κ2) is 11.3. The third kappa shape index (κ3) is 7.03. The Bertz CT molecular complexity index is 1030. The van der Waals surface area contributed by atoms with Gasteiger partial charge in [-0.3, -0.25) is 4.89 Å². The summed E-state index contributed by atoms with van der Waals surface area (Å²) in [6.45, 7) is 0. The van der Waals surface area contributed by atoms with E-state index >= 15 is 0 Å². The zero-order chi connectivity index (χ0) is 30.6. The molecule has 0 aromatic heterocycles. The monoisotopic (exact) mass is 640 g/mol. The number of hydrogen-bond donors (Lipinski definition) is 1. The van der Waals surface area contributed by atoms with Gasteiger partial charge in [0.25, 0.3) is 0 Å². The van der Waals surface area contributed by atoms with Gasteiger partial charge in [-0.05, 0) is 17.7 Å². The summed E-state index contributed by atoms with van der Waals surface area (Å²) in [5.41, 5.74) is -0.468. The van der Waals surface area contributed by atoms with Crippen molar-refractivity contribution in [3.63, 3.8) is 0 Å². The summed E-state index contributed by atoms with van der Waals surface area (Å²) in [5.74, 6) is -51.6. The van der Waals surface area contributed by atoms with Crippen LogP contribution in [0, 0.1) is 0 Å². The molecule has 220 valence electrons. The average molecular weight is 640 g/mol. The Hall–Kier alpha value is -1.12. The number of alkyl halides is 15. The number of benzene rings is 1. The summed E-state index contributed by atoms with van der Waals surface area (Å²) in [4.78, 5) is 30.0. The number of halogens is 17. The number of allylic oxidation sites excluding steroid dienone is 2. The number of ether oxygens (including phenoxy) is 1. The van der Waals surface area contributed by atoms with Crippen LogP contribution in [0.5, 0.6) is 5.75 Å². The fourth-order valence-corrected chi connectivity index (χ4v) is 2.89. The summed E-state index contributed by atoms with van der Waals surface area (Å²) >= 11 is 0. The first-order valence-corrected chi connectivity index (χ1v) is 10.4. The molecule has 0 saturated heterocycles. The Morgan fingerprint density at radius 1 is 0.667 bits per heavy atom. The van der Waals surface area contributed by atoms with Crippen molar-refractivity contribution < 1.29 is 124 Å². The molecule has 0 fully saturated rings. The molecular formula is C16H7F17NaO4P. The van der Waals surface area contributed by atoms with E-state index in [-0.39, 0.29) is 41.7 Å². The van der Waals surface area contributed by atoms with Gasteiger partial charge in [0.05, 0.1) is 7.94 Å². The minimum absolute atomic E-state index is 0. The van der Waals surface area contributed by atoms with Crippen molar-refractivity contribution in [2.24, 2.45) is 0 Å². The minimum Gasteiger partial charge on any atom is -0.659 e. The maximum atomic E-state index is 13.8. The molecule has 0 heterocycles. The molecule has 1 rings (SSSR count). The number of hydrogen-bond acceptors (Lipinski definition) is 4. The Kier molecular flexibility index (Phi) is 11.0. The molecule has 0 atom stereocenters. The van der Waals surface area contributed by atoms with Gasteiger partial charge in [0.1, 0.15) is 11.9 Å². The average Bonchev–Trinajstić information content (AvgIpc) is 2.71. The van der Waals surface area contributed by atoms with E-state index in [9.17, 15) is 84.4 Å². The molecule has 1 aromatic carbocycles. The largest absolute Gasteiger partial charge is 1.00 e. The first-order chi connectivity index (χ1) is 16.5. The third-order valence-electron chi connectivity index (χ3n) is 4.20. The van der Waals surface area contributed by atoms with Crippen LogP contribution in [-0.4, -0.2) is 46.8 Å². The summed E-state index contributed by atoms with van der Waals surface area (Å²) in [7, 11) is -5.04. The molecule has 1 N–H and O–H groups in total. The fraction of sp³-hybridized carbons (Fsp3) is 0.500. The van der Waals surface area contributed by atoms with Crippen LogP contribution in [0.15, 0.2) is 35.9 Å². The molecule has 0 unspecified atom stereocenters. The molecule has 0 aliphatic heterocycles. The molecule has 0 saturated carbocycles. The molecular weight excluding hydrogens is 633 g/mol. The van der Waals surface area contributed by atoms with Crippen LogP contribution in [0.2, 0.25) is 0 Å². The summed E-state index contributed by atoms with van der Waals surface area (Å²) in [5, 5.41) is 0. The zero-order valence-corrected chi connectivity index (χ0v) is 21.0. The quantitative estimate of drug-likeness (QED) is 0.243. The van der Waals surface area contributed by atoms with Gasteiger partial charge in [0.15, 0.2) is 0 Å². The van der Waals surface area contributed by atoms with Gasteiger partial charge in [0.2, 0.25) is 11.7 Å². The summed E-state index contributed by atoms with van der Waals surface area (Å²) in [6.07, 6.45) is -15.7. The number of rotatable bonds is 10. The Morgan fingerprint density at radius 3 is 1.36 bits per heavy atom. The Balaban J connectivity index is 0.0000144. The molecule has 0 spiro atoms. The van der Waals surface area contributed by atoms with Crippen LogP contribution in [-0.2, 0) is 6.16 Å². The topological polar surface area (TPSA) is 75.6 Å². The van der Waals surface area contributed by atoms with E-state index in [1.165, 1.54) is 0 Å². The minimum atomic E-state index is -8.07. The van der Waals surface area contributed by atoms with Gasteiger partial charge >= 0.3 is 71.5 Å². The van der Waals surface area contributed by atoms with Gasteiger partial charge in [-0.1, -0.05) is 12.1 Å². The molecule has 0 aliphatic rings. The predicted molar refractivity (Wildman–Crippen MR) is 84.9 cm³/mol. The molecule has 0 aliphatic carbocycles. The normalized spacial score (nSPS) is 15.5. The van der Waals surface area contributed by atoms with Crippen LogP contribution in [0.1, 0.15) is 5.56 Å². The molecule has 0 bridgehead atoms. The molecule has 0 radical (unpaired) electrons. The first kappa shape index (κ1) is 37.9. The van der Waals surface area contributed by atoms with Gasteiger partial charge < -0.3 is 14.5 Å². The summed E-state index contributed by atoms with van der Waals surface area (Å²) in [6, 6.07) is 1.09. The van der Waals surface area contributed by atoms with E-state index in [0.717, 1.165) is 0 Å². The van der Waals surface area contributed by atoms with E-state index in [4.69, 9.17) is 4.89 Å². The fourth-order valence-electron chi connectivity index (χ4n) is 2.22. The van der Waals surface area contributed by atoms with Crippen molar-refractivity contribution in [2.45, 2.75) is 48.1 Å². The maximum absolute atomic E-state index is 13.8. The smallest absolute Gasteiger partial charge is 0.659 e. The van der Waals surface area contributed by atoms with E-state index in [1.54, 1.807) is 0 Å². The SMILES string of the molecule is [Na+].[O-][P+]([O-])(O)Cc1ccc(OC(F)(F)C(F)(F)C(F)(F)C(F)(F)/C(F)=C(\F)C(F)(F)C(F)(F)C(F)(F)F)cc1. The van der Waals surface area contributed by atoms with Gasteiger partial charge in [-0.2, -0.15) is 65.9 Å². The van der Waals surface area contributed by atoms with Crippen molar-refractivity contribution in [2.75, 3.05) is 0 Å². The molecule has 4 nitrogen and oxygen atoms in total. The van der Waals surface area contributed by atoms with E-state index in [1.807, 2.05) is 0 Å². The van der Waals surface area contributed by atoms with E-state index in [0.29, 0.717) is 12.1 Å². The standard InChI is InChI=1S/C16H8F17O4P.Na/c17-8(9(18)11(21,22)13(25,26)15(29,30)31)10(19,20)12(23,24)14(27,28)16(32,33)37-7-3-1-6(2-4-7)5-38(34,35)36;/h1-4H,5H2,(H2,34,35,36);/q;+1/p-1/b9-8+;. The Labute approximate surface area is 226 Å². The summed E-state index contributed by atoms with van der Waals surface area (Å²) < 4.78 is 227. The second-order valence-corrected chi connectivity index (χ2v) is 8.65. The first-order valence-electron chi connectivity index (χ1n) is 8.68. The van der Waals surface area contributed by atoms with E-state index in [2.05, 4.69) is 4.74 Å². The van der Waals surface area contributed by atoms with Crippen LogP contribution in [0.3, 0.4) is 0 Å². The predicted octanol–water partition coefficient (Wildman–Crippen LogP) is 2.53. The van der Waals surface area contributed by atoms with E-state index < -0.39 is 79.0 Å². The Morgan fingerprint density at radius 2 is 1.03 bits per heavy atom. The molecule has 39 heavy (non-hydrogen) atoms. The zero-order valence-electron chi connectivity index (χ0n) is 18.1. The van der Waals surface area contributed by atoms with Crippen molar-refractivity contribution in [3.05, 3.63) is 41.5 Å². The van der Waals surface area contributed by atoms with Crippen LogP contribution < -0.4 is 44.1 Å². The second-order valence-electron chi connectivity index (χ2n) is 7.06. The van der Waals surface area contributed by atoms with Crippen molar-refractivity contribution in [1.82, 2.24) is 0 Å². The van der Waals surface area contributed by atoms with Crippen LogP contribution in [0.4, 0.5) is 74.6 Å². The van der Waals surface area contributed by atoms with Crippen molar-refractivity contribution >= 4 is 7.94 Å².